The van der Waals surface area contributed by atoms with Gasteiger partial charge in [-0.25, -0.2) is 0 Å². The fourth-order valence-corrected chi connectivity index (χ4v) is 1.91. The van der Waals surface area contributed by atoms with Crippen LogP contribution in [0.4, 0.5) is 17.1 Å². The predicted molar refractivity (Wildman–Crippen MR) is 81.4 cm³/mol. The number of benzene rings is 2. The molecular weight excluding hydrogens is 260 g/mol. The Kier molecular flexibility index (Phi) is 4.17. The highest BCUT2D eigenvalue weighted by Gasteiger charge is 2.02. The highest BCUT2D eigenvalue weighted by molar-refractivity contribution is 6.33. The van der Waals surface area contributed by atoms with Crippen molar-refractivity contribution in [3.63, 3.8) is 0 Å². The molecule has 0 aromatic heterocycles. The number of nitrogens with two attached hydrogens (primary N) is 1. The zero-order valence-corrected chi connectivity index (χ0v) is 11.7. The molecule has 0 radical (unpaired) electrons. The van der Waals surface area contributed by atoms with Crippen LogP contribution >= 0.6 is 11.6 Å². The van der Waals surface area contributed by atoms with E-state index in [2.05, 4.69) is 5.32 Å². The summed E-state index contributed by atoms with van der Waals surface area (Å²) in [5, 5.41) is 3.84. The van der Waals surface area contributed by atoms with Gasteiger partial charge in [-0.2, -0.15) is 0 Å². The summed E-state index contributed by atoms with van der Waals surface area (Å²) >= 11 is 6.11. The van der Waals surface area contributed by atoms with Gasteiger partial charge in [-0.15, -0.1) is 0 Å². The molecule has 0 heterocycles. The number of ether oxygens (including phenoxy) is 1. The highest BCUT2D eigenvalue weighted by Crippen LogP contribution is 2.28. The maximum absolute atomic E-state index is 6.11. The average molecular weight is 277 g/mol. The van der Waals surface area contributed by atoms with Crippen molar-refractivity contribution in [3.05, 3.63) is 47.5 Å². The summed E-state index contributed by atoms with van der Waals surface area (Å²) in [5.74, 6) is 0.851. The molecule has 0 spiro atoms. The molecule has 0 aliphatic carbocycles. The molecule has 0 fully saturated rings. The monoisotopic (exact) mass is 276 g/mol. The van der Waals surface area contributed by atoms with E-state index in [-0.39, 0.29) is 6.10 Å². The molecule has 0 saturated heterocycles. The minimum Gasteiger partial charge on any atom is -0.491 e. The van der Waals surface area contributed by atoms with E-state index < -0.39 is 0 Å². The van der Waals surface area contributed by atoms with Crippen LogP contribution in [-0.2, 0) is 0 Å². The van der Waals surface area contributed by atoms with E-state index in [1.54, 1.807) is 6.07 Å². The number of rotatable bonds is 4. The Hall–Kier alpha value is -1.87. The summed E-state index contributed by atoms with van der Waals surface area (Å²) in [5.41, 5.74) is 8.08. The van der Waals surface area contributed by atoms with Gasteiger partial charge in [0.05, 0.1) is 16.8 Å². The third-order valence-corrected chi connectivity index (χ3v) is 2.81. The molecule has 0 unspecified atom stereocenters. The summed E-state index contributed by atoms with van der Waals surface area (Å²) in [6, 6.07) is 13.1. The summed E-state index contributed by atoms with van der Waals surface area (Å²) < 4.78 is 5.59. The quantitative estimate of drug-likeness (QED) is 0.811. The minimum atomic E-state index is 0.172. The van der Waals surface area contributed by atoms with Crippen molar-refractivity contribution in [1.82, 2.24) is 0 Å². The van der Waals surface area contributed by atoms with Crippen LogP contribution in [0.1, 0.15) is 13.8 Å². The van der Waals surface area contributed by atoms with Crippen molar-refractivity contribution in [1.29, 1.82) is 0 Å². The first-order valence-electron chi connectivity index (χ1n) is 6.13. The van der Waals surface area contributed by atoms with Crippen LogP contribution < -0.4 is 15.8 Å². The molecule has 2 aromatic carbocycles. The van der Waals surface area contributed by atoms with Gasteiger partial charge in [0, 0.05) is 11.4 Å². The van der Waals surface area contributed by atoms with Crippen molar-refractivity contribution in [3.8, 4) is 5.75 Å². The van der Waals surface area contributed by atoms with Gasteiger partial charge in [0.15, 0.2) is 0 Å². The van der Waals surface area contributed by atoms with Crippen LogP contribution in [0.3, 0.4) is 0 Å². The van der Waals surface area contributed by atoms with Gasteiger partial charge in [-0.1, -0.05) is 11.6 Å². The molecule has 0 saturated carbocycles. The first-order valence-corrected chi connectivity index (χ1v) is 6.51. The average Bonchev–Trinajstić information content (AvgIpc) is 2.34. The zero-order chi connectivity index (χ0) is 13.8. The van der Waals surface area contributed by atoms with E-state index in [0.717, 1.165) is 17.1 Å². The molecule has 3 nitrogen and oxygen atoms in total. The Morgan fingerprint density at radius 2 is 1.79 bits per heavy atom. The normalized spacial score (nSPS) is 10.5. The maximum Gasteiger partial charge on any atom is 0.119 e. The third-order valence-electron chi connectivity index (χ3n) is 2.50. The number of nitrogens with one attached hydrogen (secondary N) is 1. The van der Waals surface area contributed by atoms with E-state index in [0.29, 0.717) is 10.7 Å². The number of nitrogen functional groups attached to an aromatic ring is 1. The molecule has 2 aromatic rings. The van der Waals surface area contributed by atoms with E-state index in [1.807, 2.05) is 50.2 Å². The van der Waals surface area contributed by atoms with Gasteiger partial charge < -0.3 is 15.8 Å². The number of hydrogen-bond acceptors (Lipinski definition) is 3. The molecule has 2 rings (SSSR count). The van der Waals surface area contributed by atoms with Gasteiger partial charge in [0.25, 0.3) is 0 Å². The van der Waals surface area contributed by atoms with Crippen LogP contribution in [0.5, 0.6) is 5.75 Å². The van der Waals surface area contributed by atoms with Gasteiger partial charge >= 0.3 is 0 Å². The number of anilines is 3. The van der Waals surface area contributed by atoms with E-state index >= 15 is 0 Å². The second kappa shape index (κ2) is 5.85. The largest absolute Gasteiger partial charge is 0.491 e. The van der Waals surface area contributed by atoms with Crippen LogP contribution in [0, 0.1) is 0 Å². The van der Waals surface area contributed by atoms with Crippen LogP contribution in [0.15, 0.2) is 42.5 Å². The predicted octanol–water partition coefficient (Wildman–Crippen LogP) is 4.45. The SMILES string of the molecule is CC(C)Oc1ccc(Nc2ccc(N)cc2Cl)cc1. The minimum absolute atomic E-state index is 0.172. The molecule has 0 aliphatic rings. The fourth-order valence-electron chi connectivity index (χ4n) is 1.68. The van der Waals surface area contributed by atoms with Crippen molar-refractivity contribution in [2.45, 2.75) is 20.0 Å². The lowest BCUT2D eigenvalue weighted by molar-refractivity contribution is 0.242. The van der Waals surface area contributed by atoms with Crippen LogP contribution in [0.25, 0.3) is 0 Å². The van der Waals surface area contributed by atoms with E-state index in [9.17, 15) is 0 Å². The maximum atomic E-state index is 6.11. The topological polar surface area (TPSA) is 47.3 Å². The van der Waals surface area contributed by atoms with Crippen molar-refractivity contribution < 1.29 is 4.74 Å². The van der Waals surface area contributed by atoms with Gasteiger partial charge in [0.1, 0.15) is 5.75 Å². The molecule has 4 heteroatoms. The van der Waals surface area contributed by atoms with Gasteiger partial charge in [-0.3, -0.25) is 0 Å². The second-order valence-corrected chi connectivity index (χ2v) is 4.96. The number of hydrogen-bond donors (Lipinski definition) is 2. The van der Waals surface area contributed by atoms with Crippen LogP contribution in [-0.4, -0.2) is 6.10 Å². The third kappa shape index (κ3) is 3.80. The fraction of sp³-hybridized carbons (Fsp3) is 0.200. The lowest BCUT2D eigenvalue weighted by Gasteiger charge is -2.12. The number of halogens is 1. The van der Waals surface area contributed by atoms with Crippen LogP contribution in [0.2, 0.25) is 5.02 Å². The molecular formula is C15H17ClN2O. The molecule has 0 aliphatic heterocycles. The standard InChI is InChI=1S/C15H17ClN2O/c1-10(2)19-13-6-4-12(5-7-13)18-15-8-3-11(17)9-14(15)16/h3-10,18H,17H2,1-2H3. The Bertz CT molecular complexity index is 553. The van der Waals surface area contributed by atoms with Crippen molar-refractivity contribution in [2.24, 2.45) is 0 Å². The van der Waals surface area contributed by atoms with E-state index in [4.69, 9.17) is 22.1 Å². The molecule has 100 valence electrons. The van der Waals surface area contributed by atoms with E-state index in [1.165, 1.54) is 0 Å². The van der Waals surface area contributed by atoms with Crippen molar-refractivity contribution >= 4 is 28.7 Å². The lowest BCUT2D eigenvalue weighted by Crippen LogP contribution is -2.05. The smallest absolute Gasteiger partial charge is 0.119 e. The summed E-state index contributed by atoms with van der Waals surface area (Å²) in [6.45, 7) is 4.00. The Morgan fingerprint density at radius 3 is 2.37 bits per heavy atom. The Morgan fingerprint density at radius 1 is 1.11 bits per heavy atom. The second-order valence-electron chi connectivity index (χ2n) is 4.56. The van der Waals surface area contributed by atoms with Crippen molar-refractivity contribution in [2.75, 3.05) is 11.1 Å². The summed E-state index contributed by atoms with van der Waals surface area (Å²) in [6.07, 6.45) is 0.172. The lowest BCUT2D eigenvalue weighted by atomic mass is 10.2. The first kappa shape index (κ1) is 13.6. The first-order chi connectivity index (χ1) is 9.04. The molecule has 19 heavy (non-hydrogen) atoms. The zero-order valence-electron chi connectivity index (χ0n) is 11.0. The summed E-state index contributed by atoms with van der Waals surface area (Å²) in [7, 11) is 0. The van der Waals surface area contributed by atoms with Gasteiger partial charge in [-0.05, 0) is 56.3 Å². The van der Waals surface area contributed by atoms with Gasteiger partial charge in [0.2, 0.25) is 0 Å². The molecule has 0 bridgehead atoms. The Labute approximate surface area is 118 Å². The summed E-state index contributed by atoms with van der Waals surface area (Å²) in [4.78, 5) is 0. The molecule has 3 N–H and O–H groups in total. The molecule has 0 amide bonds. The Balaban J connectivity index is 2.10. The molecule has 0 atom stereocenters. The highest BCUT2D eigenvalue weighted by atomic mass is 35.5.